The molecule has 0 aliphatic heterocycles. The topological polar surface area (TPSA) is 43.1 Å². The van der Waals surface area contributed by atoms with Gasteiger partial charge in [0.1, 0.15) is 0 Å². The number of thioether (sulfide) groups is 1. The van der Waals surface area contributed by atoms with Crippen LogP contribution in [0.3, 0.4) is 0 Å². The molecule has 0 N–H and O–H groups in total. The number of nitrogens with zero attached hydrogens (tertiary/aromatic N) is 1. The van der Waals surface area contributed by atoms with Gasteiger partial charge in [0.05, 0.1) is 4.92 Å². The highest BCUT2D eigenvalue weighted by atomic mass is 35.5. The van der Waals surface area contributed by atoms with E-state index in [-0.39, 0.29) is 5.69 Å². The Balaban J connectivity index is 2.18. The molecule has 0 saturated carbocycles. The Morgan fingerprint density at radius 1 is 1.20 bits per heavy atom. The molecule has 0 saturated heterocycles. The third-order valence-corrected chi connectivity index (χ3v) is 4.55. The molecule has 0 aromatic heterocycles. The van der Waals surface area contributed by atoms with Gasteiger partial charge in [-0.1, -0.05) is 29.3 Å². The molecule has 0 aliphatic rings. The van der Waals surface area contributed by atoms with Gasteiger partial charge < -0.3 is 0 Å². The van der Waals surface area contributed by atoms with Crippen molar-refractivity contribution in [2.75, 3.05) is 0 Å². The summed E-state index contributed by atoms with van der Waals surface area (Å²) in [4.78, 5) is 11.5. The summed E-state index contributed by atoms with van der Waals surface area (Å²) < 4.78 is 0. The molecule has 104 valence electrons. The summed E-state index contributed by atoms with van der Waals surface area (Å²) in [7, 11) is 0. The second-order valence-corrected chi connectivity index (χ2v) is 6.01. The van der Waals surface area contributed by atoms with Gasteiger partial charge in [-0.15, -0.1) is 11.8 Å². The van der Waals surface area contributed by atoms with Crippen LogP contribution >= 0.6 is 23.4 Å². The van der Waals surface area contributed by atoms with Crippen molar-refractivity contribution >= 4 is 29.1 Å². The molecule has 0 bridgehead atoms. The normalized spacial score (nSPS) is 10.6. The number of benzene rings is 2. The van der Waals surface area contributed by atoms with Gasteiger partial charge in [0.15, 0.2) is 0 Å². The molecule has 20 heavy (non-hydrogen) atoms. The number of nitro benzene ring substituents is 1. The predicted octanol–water partition coefficient (Wildman–Crippen LogP) is 5.16. The first-order valence-corrected chi connectivity index (χ1v) is 7.46. The average molecular weight is 308 g/mol. The zero-order valence-corrected chi connectivity index (χ0v) is 12.8. The maximum absolute atomic E-state index is 10.8. The minimum Gasteiger partial charge on any atom is -0.258 e. The van der Waals surface area contributed by atoms with Crippen LogP contribution in [0.25, 0.3) is 0 Å². The van der Waals surface area contributed by atoms with Crippen LogP contribution in [0, 0.1) is 24.0 Å². The Bertz CT molecular complexity index is 658. The minimum absolute atomic E-state index is 0.0747. The van der Waals surface area contributed by atoms with E-state index in [9.17, 15) is 10.1 Å². The van der Waals surface area contributed by atoms with Crippen molar-refractivity contribution < 1.29 is 4.92 Å². The lowest BCUT2D eigenvalue weighted by Crippen LogP contribution is -1.91. The zero-order valence-electron chi connectivity index (χ0n) is 11.2. The van der Waals surface area contributed by atoms with Gasteiger partial charge in [0, 0.05) is 27.8 Å². The Hall–Kier alpha value is -1.52. The highest BCUT2D eigenvalue weighted by Crippen LogP contribution is 2.31. The van der Waals surface area contributed by atoms with E-state index < -0.39 is 4.92 Å². The van der Waals surface area contributed by atoms with E-state index in [0.29, 0.717) is 10.8 Å². The molecule has 2 rings (SSSR count). The minimum atomic E-state index is -0.401. The summed E-state index contributed by atoms with van der Waals surface area (Å²) in [5.41, 5.74) is 3.29. The predicted molar refractivity (Wildman–Crippen MR) is 83.6 cm³/mol. The van der Waals surface area contributed by atoms with E-state index >= 15 is 0 Å². The summed E-state index contributed by atoms with van der Waals surface area (Å²) in [6.07, 6.45) is 0. The summed E-state index contributed by atoms with van der Waals surface area (Å²) >= 11 is 7.73. The molecule has 0 unspecified atom stereocenters. The van der Waals surface area contributed by atoms with Crippen molar-refractivity contribution in [2.24, 2.45) is 0 Å². The van der Waals surface area contributed by atoms with Gasteiger partial charge in [-0.05, 0) is 37.1 Å². The van der Waals surface area contributed by atoms with E-state index in [1.807, 2.05) is 0 Å². The van der Waals surface area contributed by atoms with Crippen molar-refractivity contribution in [3.8, 4) is 0 Å². The molecule has 2 aromatic carbocycles. The lowest BCUT2D eigenvalue weighted by molar-refractivity contribution is -0.384. The monoisotopic (exact) mass is 307 g/mol. The fourth-order valence-corrected chi connectivity index (χ4v) is 3.17. The molecule has 2 aromatic rings. The third-order valence-electron chi connectivity index (χ3n) is 2.95. The van der Waals surface area contributed by atoms with Crippen LogP contribution in [0.5, 0.6) is 0 Å². The molecule has 0 aliphatic carbocycles. The first-order chi connectivity index (χ1) is 9.47. The molecule has 5 heteroatoms. The molecule has 3 nitrogen and oxygen atoms in total. The van der Waals surface area contributed by atoms with Gasteiger partial charge in [-0.3, -0.25) is 10.1 Å². The first-order valence-electron chi connectivity index (χ1n) is 6.10. The SMILES string of the molecule is Cc1ccc(SCc2cc([N+](=O)[O-])ccc2Cl)c(C)c1. The van der Waals surface area contributed by atoms with Crippen LogP contribution in [0.4, 0.5) is 5.69 Å². The van der Waals surface area contributed by atoms with Gasteiger partial charge in [0.25, 0.3) is 5.69 Å². The molecule has 0 atom stereocenters. The maximum atomic E-state index is 10.8. The maximum Gasteiger partial charge on any atom is 0.269 e. The van der Waals surface area contributed by atoms with Crippen molar-refractivity contribution in [1.29, 1.82) is 0 Å². The average Bonchev–Trinajstić information content (AvgIpc) is 2.39. The van der Waals surface area contributed by atoms with Crippen molar-refractivity contribution in [3.63, 3.8) is 0 Å². The van der Waals surface area contributed by atoms with Crippen LogP contribution < -0.4 is 0 Å². The number of aryl methyl sites for hydroxylation is 2. The molecular formula is C15H14ClNO2S. The number of rotatable bonds is 4. The molecule has 0 spiro atoms. The molecular weight excluding hydrogens is 294 g/mol. The Labute approximate surface area is 127 Å². The molecule has 0 heterocycles. The summed E-state index contributed by atoms with van der Waals surface area (Å²) in [5.74, 6) is 0.615. The molecule has 0 amide bonds. The largest absolute Gasteiger partial charge is 0.269 e. The zero-order chi connectivity index (χ0) is 14.7. The van der Waals surface area contributed by atoms with Crippen LogP contribution in [-0.2, 0) is 5.75 Å². The van der Waals surface area contributed by atoms with Gasteiger partial charge in [0.2, 0.25) is 0 Å². The van der Waals surface area contributed by atoms with Gasteiger partial charge >= 0.3 is 0 Å². The van der Waals surface area contributed by atoms with E-state index in [0.717, 1.165) is 10.5 Å². The summed E-state index contributed by atoms with van der Waals surface area (Å²) in [6, 6.07) is 10.8. The summed E-state index contributed by atoms with van der Waals surface area (Å²) in [5, 5.41) is 11.3. The van der Waals surface area contributed by atoms with Crippen LogP contribution in [0.2, 0.25) is 5.02 Å². The number of nitro groups is 1. The van der Waals surface area contributed by atoms with E-state index in [4.69, 9.17) is 11.6 Å². The molecule has 0 fully saturated rings. The van der Waals surface area contributed by atoms with Crippen molar-refractivity contribution in [2.45, 2.75) is 24.5 Å². The first kappa shape index (κ1) is 14.9. The molecule has 0 radical (unpaired) electrons. The third kappa shape index (κ3) is 3.52. The van der Waals surface area contributed by atoms with Crippen LogP contribution in [0.15, 0.2) is 41.3 Å². The lowest BCUT2D eigenvalue weighted by atomic mass is 10.2. The van der Waals surface area contributed by atoms with E-state index in [1.54, 1.807) is 23.9 Å². The number of hydrogen-bond acceptors (Lipinski definition) is 3. The smallest absolute Gasteiger partial charge is 0.258 e. The quantitative estimate of drug-likeness (QED) is 0.445. The summed E-state index contributed by atoms with van der Waals surface area (Å²) in [6.45, 7) is 4.11. The number of halogens is 1. The number of non-ortho nitro benzene ring substituents is 1. The highest BCUT2D eigenvalue weighted by molar-refractivity contribution is 7.98. The Kier molecular flexibility index (Phi) is 4.68. The van der Waals surface area contributed by atoms with Crippen LogP contribution in [-0.4, -0.2) is 4.92 Å². The van der Waals surface area contributed by atoms with E-state index in [1.165, 1.54) is 17.2 Å². The van der Waals surface area contributed by atoms with Crippen molar-refractivity contribution in [1.82, 2.24) is 0 Å². The Morgan fingerprint density at radius 2 is 1.95 bits per heavy atom. The van der Waals surface area contributed by atoms with Gasteiger partial charge in [-0.25, -0.2) is 0 Å². The second kappa shape index (κ2) is 6.29. The highest BCUT2D eigenvalue weighted by Gasteiger charge is 2.10. The van der Waals surface area contributed by atoms with Gasteiger partial charge in [-0.2, -0.15) is 0 Å². The van der Waals surface area contributed by atoms with Crippen LogP contribution in [0.1, 0.15) is 16.7 Å². The van der Waals surface area contributed by atoms with Crippen molar-refractivity contribution in [3.05, 3.63) is 68.2 Å². The fraction of sp³-hybridized carbons (Fsp3) is 0.200. The second-order valence-electron chi connectivity index (χ2n) is 4.59. The standard InChI is InChI=1S/C15H14ClNO2S/c1-10-3-6-15(11(2)7-10)20-9-12-8-13(17(18)19)4-5-14(12)16/h3-8H,9H2,1-2H3. The Morgan fingerprint density at radius 3 is 2.60 bits per heavy atom. The fourth-order valence-electron chi connectivity index (χ4n) is 1.90. The number of hydrogen-bond donors (Lipinski definition) is 0. The van der Waals surface area contributed by atoms with E-state index in [2.05, 4.69) is 32.0 Å². The lowest BCUT2D eigenvalue weighted by Gasteiger charge is -2.08.